The van der Waals surface area contributed by atoms with Gasteiger partial charge in [-0.25, -0.2) is 14.4 Å². The molecule has 1 aliphatic heterocycles. The lowest BCUT2D eigenvalue weighted by molar-refractivity contribution is -0.0246. The average Bonchev–Trinajstić information content (AvgIpc) is 3.07. The van der Waals surface area contributed by atoms with Gasteiger partial charge in [-0.15, -0.1) is 0 Å². The van der Waals surface area contributed by atoms with E-state index in [1.807, 2.05) is 19.1 Å². The lowest BCUT2D eigenvalue weighted by Crippen LogP contribution is -2.42. The van der Waals surface area contributed by atoms with Crippen LogP contribution in [0.3, 0.4) is 0 Å². The van der Waals surface area contributed by atoms with Gasteiger partial charge in [-0.3, -0.25) is 9.48 Å². The Labute approximate surface area is 167 Å². The number of aryl methyl sites for hydroxylation is 2. The minimum absolute atomic E-state index is 0.0614. The molecule has 0 aliphatic carbocycles. The second kappa shape index (κ2) is 7.96. The highest BCUT2D eigenvalue weighted by Crippen LogP contribution is 2.24. The molecule has 3 aromatic rings. The molecule has 3 aromatic heterocycles. The minimum Gasteiger partial charge on any atom is -0.368 e. The van der Waals surface area contributed by atoms with Crippen LogP contribution in [0.5, 0.6) is 0 Å². The average molecular weight is 396 g/mol. The van der Waals surface area contributed by atoms with E-state index >= 15 is 0 Å². The van der Waals surface area contributed by atoms with E-state index in [4.69, 9.17) is 4.74 Å². The highest BCUT2D eigenvalue weighted by molar-refractivity contribution is 5.95. The van der Waals surface area contributed by atoms with Crippen LogP contribution < -0.4 is 5.32 Å². The van der Waals surface area contributed by atoms with Crippen molar-refractivity contribution in [3.05, 3.63) is 65.5 Å². The molecule has 0 unspecified atom stereocenters. The Kier molecular flexibility index (Phi) is 5.22. The quantitative estimate of drug-likeness (QED) is 0.730. The number of nitrogens with zero attached hydrogens (tertiary/aromatic N) is 5. The molecule has 4 rings (SSSR count). The van der Waals surface area contributed by atoms with Crippen molar-refractivity contribution in [2.75, 3.05) is 25.0 Å². The molecule has 1 N–H and O–H groups in total. The third-order valence-corrected chi connectivity index (χ3v) is 4.68. The molecule has 29 heavy (non-hydrogen) atoms. The standard InChI is InChI=1S/C20H21FN6O2/c1-13-15(11-26(2)25-13)20(28)27-8-9-29-17(12-27)16-4-3-5-19(23-16)24-18-7-6-14(21)10-22-18/h3-7,10-11,17H,8-9,12H2,1-2H3,(H,22,23,24)/t17-/m0/s1. The molecule has 0 saturated carbocycles. The number of amides is 1. The summed E-state index contributed by atoms with van der Waals surface area (Å²) in [4.78, 5) is 23.2. The van der Waals surface area contributed by atoms with Gasteiger partial charge in [0.2, 0.25) is 0 Å². The van der Waals surface area contributed by atoms with Crippen LogP contribution in [0.4, 0.5) is 16.0 Å². The number of anilines is 2. The zero-order valence-electron chi connectivity index (χ0n) is 16.2. The molecule has 1 atom stereocenters. The van der Waals surface area contributed by atoms with Crippen molar-refractivity contribution in [2.24, 2.45) is 7.05 Å². The minimum atomic E-state index is -0.401. The molecule has 0 aromatic carbocycles. The van der Waals surface area contributed by atoms with Crippen molar-refractivity contribution in [1.29, 1.82) is 0 Å². The van der Waals surface area contributed by atoms with Crippen molar-refractivity contribution in [2.45, 2.75) is 13.0 Å². The summed E-state index contributed by atoms with van der Waals surface area (Å²) in [5, 5.41) is 7.29. The fraction of sp³-hybridized carbons (Fsp3) is 0.300. The lowest BCUT2D eigenvalue weighted by Gasteiger charge is -2.32. The van der Waals surface area contributed by atoms with Gasteiger partial charge in [-0.1, -0.05) is 6.07 Å². The van der Waals surface area contributed by atoms with Gasteiger partial charge in [-0.2, -0.15) is 5.10 Å². The Hall–Kier alpha value is -3.33. The summed E-state index contributed by atoms with van der Waals surface area (Å²) in [6.45, 7) is 3.17. The lowest BCUT2D eigenvalue weighted by atomic mass is 10.1. The van der Waals surface area contributed by atoms with Crippen LogP contribution >= 0.6 is 0 Å². The van der Waals surface area contributed by atoms with E-state index < -0.39 is 5.82 Å². The van der Waals surface area contributed by atoms with E-state index in [9.17, 15) is 9.18 Å². The Balaban J connectivity index is 1.49. The Morgan fingerprint density at radius 2 is 2.14 bits per heavy atom. The van der Waals surface area contributed by atoms with Crippen LogP contribution in [0.2, 0.25) is 0 Å². The zero-order chi connectivity index (χ0) is 20.4. The first-order valence-corrected chi connectivity index (χ1v) is 9.26. The van der Waals surface area contributed by atoms with Gasteiger partial charge in [0, 0.05) is 19.8 Å². The maximum absolute atomic E-state index is 13.0. The van der Waals surface area contributed by atoms with E-state index in [1.165, 1.54) is 12.1 Å². The molecule has 1 aliphatic rings. The predicted molar refractivity (Wildman–Crippen MR) is 104 cm³/mol. The van der Waals surface area contributed by atoms with E-state index in [-0.39, 0.29) is 12.0 Å². The van der Waals surface area contributed by atoms with Crippen molar-refractivity contribution in [3.8, 4) is 0 Å². The number of pyridine rings is 2. The van der Waals surface area contributed by atoms with Crippen molar-refractivity contribution in [3.63, 3.8) is 0 Å². The SMILES string of the molecule is Cc1nn(C)cc1C(=O)N1CCO[C@H](c2cccc(Nc3ccc(F)cn3)n2)C1. The smallest absolute Gasteiger partial charge is 0.257 e. The summed E-state index contributed by atoms with van der Waals surface area (Å²) in [5.74, 6) is 0.594. The Morgan fingerprint density at radius 1 is 1.28 bits per heavy atom. The van der Waals surface area contributed by atoms with E-state index in [0.29, 0.717) is 48.3 Å². The summed E-state index contributed by atoms with van der Waals surface area (Å²) in [5.41, 5.74) is 2.01. The zero-order valence-corrected chi connectivity index (χ0v) is 16.2. The van der Waals surface area contributed by atoms with Gasteiger partial charge in [0.05, 0.1) is 36.3 Å². The second-order valence-corrected chi connectivity index (χ2v) is 6.85. The van der Waals surface area contributed by atoms with Gasteiger partial charge < -0.3 is 15.0 Å². The second-order valence-electron chi connectivity index (χ2n) is 6.85. The number of aromatic nitrogens is 4. The molecular formula is C20H21FN6O2. The number of halogens is 1. The summed E-state index contributed by atoms with van der Waals surface area (Å²) in [7, 11) is 1.80. The molecule has 1 fully saturated rings. The maximum atomic E-state index is 13.0. The number of hydrogen-bond donors (Lipinski definition) is 1. The highest BCUT2D eigenvalue weighted by atomic mass is 19.1. The van der Waals surface area contributed by atoms with Crippen LogP contribution in [0.1, 0.15) is 27.8 Å². The van der Waals surface area contributed by atoms with Gasteiger partial charge in [-0.05, 0) is 31.2 Å². The summed E-state index contributed by atoms with van der Waals surface area (Å²) < 4.78 is 20.5. The first-order valence-electron chi connectivity index (χ1n) is 9.26. The van der Waals surface area contributed by atoms with Crippen molar-refractivity contribution in [1.82, 2.24) is 24.6 Å². The molecule has 1 saturated heterocycles. The third-order valence-electron chi connectivity index (χ3n) is 4.68. The van der Waals surface area contributed by atoms with Crippen LogP contribution in [0.25, 0.3) is 0 Å². The number of hydrogen-bond acceptors (Lipinski definition) is 6. The fourth-order valence-corrected chi connectivity index (χ4v) is 3.27. The first-order chi connectivity index (χ1) is 14.0. The van der Waals surface area contributed by atoms with E-state index in [2.05, 4.69) is 20.4 Å². The number of carbonyl (C=O) groups is 1. The molecule has 0 spiro atoms. The van der Waals surface area contributed by atoms with Gasteiger partial charge in [0.25, 0.3) is 5.91 Å². The largest absolute Gasteiger partial charge is 0.368 e. The molecule has 0 bridgehead atoms. The number of rotatable bonds is 4. The molecule has 0 radical (unpaired) electrons. The molecule has 1 amide bonds. The van der Waals surface area contributed by atoms with E-state index in [0.717, 1.165) is 6.20 Å². The summed E-state index contributed by atoms with van der Waals surface area (Å²) >= 11 is 0. The molecule has 9 heteroatoms. The summed E-state index contributed by atoms with van der Waals surface area (Å²) in [6.07, 6.45) is 2.54. The third kappa shape index (κ3) is 4.24. The van der Waals surface area contributed by atoms with Crippen LogP contribution in [-0.2, 0) is 11.8 Å². The van der Waals surface area contributed by atoms with Crippen molar-refractivity contribution < 1.29 is 13.9 Å². The topological polar surface area (TPSA) is 85.2 Å². The first kappa shape index (κ1) is 19.0. The monoisotopic (exact) mass is 396 g/mol. The van der Waals surface area contributed by atoms with Crippen LogP contribution in [0.15, 0.2) is 42.7 Å². The molecule has 150 valence electrons. The van der Waals surface area contributed by atoms with Crippen LogP contribution in [0, 0.1) is 12.7 Å². The normalized spacial score (nSPS) is 16.7. The predicted octanol–water partition coefficient (Wildman–Crippen LogP) is 2.61. The van der Waals surface area contributed by atoms with Crippen molar-refractivity contribution >= 4 is 17.5 Å². The Morgan fingerprint density at radius 3 is 2.86 bits per heavy atom. The van der Waals surface area contributed by atoms with Gasteiger partial charge in [0.1, 0.15) is 23.6 Å². The molecular weight excluding hydrogens is 375 g/mol. The maximum Gasteiger partial charge on any atom is 0.257 e. The number of nitrogens with one attached hydrogen (secondary N) is 1. The number of carbonyl (C=O) groups excluding carboxylic acids is 1. The molecule has 8 nitrogen and oxygen atoms in total. The fourth-order valence-electron chi connectivity index (χ4n) is 3.27. The summed E-state index contributed by atoms with van der Waals surface area (Å²) in [6, 6.07) is 8.37. The van der Waals surface area contributed by atoms with E-state index in [1.54, 1.807) is 28.9 Å². The van der Waals surface area contributed by atoms with Crippen LogP contribution in [-0.4, -0.2) is 50.3 Å². The number of ether oxygens (including phenoxy) is 1. The number of morpholine rings is 1. The Bertz CT molecular complexity index is 1020. The highest BCUT2D eigenvalue weighted by Gasteiger charge is 2.28. The van der Waals surface area contributed by atoms with Gasteiger partial charge >= 0.3 is 0 Å². The van der Waals surface area contributed by atoms with Gasteiger partial charge in [0.15, 0.2) is 0 Å². The molecule has 4 heterocycles.